The summed E-state index contributed by atoms with van der Waals surface area (Å²) in [4.78, 5) is 0. The van der Waals surface area contributed by atoms with Crippen LogP contribution in [0.2, 0.25) is 0 Å². The van der Waals surface area contributed by atoms with Gasteiger partial charge in [-0.15, -0.1) is 0 Å². The molecule has 0 aromatic rings. The van der Waals surface area contributed by atoms with Crippen LogP contribution in [0, 0.1) is 35.2 Å². The molecule has 0 aromatic carbocycles. The summed E-state index contributed by atoms with van der Waals surface area (Å²) in [5.41, 5.74) is 0.871. The second-order valence-electron chi connectivity index (χ2n) is 12.3. The Hall–Kier alpha value is -0.0400. The van der Waals surface area contributed by atoms with Gasteiger partial charge in [-0.25, -0.2) is 0 Å². The van der Waals surface area contributed by atoms with Gasteiger partial charge in [0.05, 0.1) is 12.7 Å². The maximum absolute atomic E-state index is 6.49. The summed E-state index contributed by atoms with van der Waals surface area (Å²) in [6, 6.07) is 0. The molecule has 32 heavy (non-hydrogen) atoms. The quantitative estimate of drug-likeness (QED) is 0.189. The zero-order valence-corrected chi connectivity index (χ0v) is 23.6. The Bertz CT molecular complexity index is 451. The van der Waals surface area contributed by atoms with E-state index in [4.69, 9.17) is 4.74 Å². The molecule has 0 spiro atoms. The maximum Gasteiger partial charge on any atom is 0.0838 e. The second-order valence-corrected chi connectivity index (χ2v) is 12.3. The van der Waals surface area contributed by atoms with Gasteiger partial charge in [-0.1, -0.05) is 126 Å². The van der Waals surface area contributed by atoms with Crippen molar-refractivity contribution in [3.05, 3.63) is 6.61 Å². The van der Waals surface area contributed by atoms with E-state index in [1.165, 1.54) is 96.3 Å². The standard InChI is InChI=1S/C31H61O/c1-9-13-14-15-16-17-18-19-20-21-29(32-24-10-2)27-23-22-26(30(5,6)11-3)25-28(27)31(7,8)12-4/h24,26-29H,9-23,25H2,1-8H3. The van der Waals surface area contributed by atoms with Gasteiger partial charge in [0.1, 0.15) is 0 Å². The molecule has 1 heteroatoms. The highest BCUT2D eigenvalue weighted by Gasteiger charge is 2.45. The Morgan fingerprint density at radius 1 is 0.750 bits per heavy atom. The first-order valence-electron chi connectivity index (χ1n) is 14.7. The molecule has 1 saturated carbocycles. The van der Waals surface area contributed by atoms with Crippen molar-refractivity contribution in [1.82, 2.24) is 0 Å². The summed E-state index contributed by atoms with van der Waals surface area (Å²) >= 11 is 0. The molecule has 0 amide bonds. The van der Waals surface area contributed by atoms with Crippen molar-refractivity contribution in [2.24, 2.45) is 28.6 Å². The number of rotatable bonds is 18. The molecule has 1 rings (SSSR count). The third-order valence-electron chi connectivity index (χ3n) is 9.34. The fraction of sp³-hybridized carbons (Fsp3) is 0.968. The highest BCUT2D eigenvalue weighted by molar-refractivity contribution is 4.95. The van der Waals surface area contributed by atoms with Gasteiger partial charge in [0.2, 0.25) is 0 Å². The molecule has 0 aromatic heterocycles. The average Bonchev–Trinajstić information content (AvgIpc) is 2.79. The predicted molar refractivity (Wildman–Crippen MR) is 144 cm³/mol. The third-order valence-corrected chi connectivity index (χ3v) is 9.34. The molecule has 0 bridgehead atoms. The summed E-state index contributed by atoms with van der Waals surface area (Å²) < 4.78 is 6.49. The summed E-state index contributed by atoms with van der Waals surface area (Å²) in [5.74, 6) is 2.37. The first-order chi connectivity index (χ1) is 15.2. The molecule has 0 saturated heterocycles. The molecule has 4 unspecified atom stereocenters. The normalized spacial score (nSPS) is 23.4. The first kappa shape index (κ1) is 30.0. The Kier molecular flexibility index (Phi) is 14.8. The van der Waals surface area contributed by atoms with Crippen LogP contribution in [0.1, 0.15) is 158 Å². The third kappa shape index (κ3) is 10.1. The fourth-order valence-corrected chi connectivity index (χ4v) is 6.06. The van der Waals surface area contributed by atoms with E-state index in [0.717, 1.165) is 24.2 Å². The highest BCUT2D eigenvalue weighted by atomic mass is 16.5. The molecule has 191 valence electrons. The van der Waals surface area contributed by atoms with Crippen LogP contribution >= 0.6 is 0 Å². The highest BCUT2D eigenvalue weighted by Crippen LogP contribution is 2.52. The van der Waals surface area contributed by atoms with Gasteiger partial charge in [0.25, 0.3) is 0 Å². The van der Waals surface area contributed by atoms with Crippen molar-refractivity contribution in [3.63, 3.8) is 0 Å². The van der Waals surface area contributed by atoms with Gasteiger partial charge in [-0.05, 0) is 60.7 Å². The second kappa shape index (κ2) is 15.8. The molecular weight excluding hydrogens is 388 g/mol. The van der Waals surface area contributed by atoms with Gasteiger partial charge >= 0.3 is 0 Å². The summed E-state index contributed by atoms with van der Waals surface area (Å²) in [6.45, 7) is 21.5. The summed E-state index contributed by atoms with van der Waals surface area (Å²) in [5, 5.41) is 0. The Labute approximate surface area is 204 Å². The van der Waals surface area contributed by atoms with Crippen LogP contribution in [0.3, 0.4) is 0 Å². The summed E-state index contributed by atoms with van der Waals surface area (Å²) in [6.07, 6.45) is 22.1. The number of hydrogen-bond acceptors (Lipinski definition) is 1. The van der Waals surface area contributed by atoms with Crippen molar-refractivity contribution in [2.75, 3.05) is 0 Å². The minimum atomic E-state index is 0.402. The Morgan fingerprint density at radius 3 is 1.84 bits per heavy atom. The van der Waals surface area contributed by atoms with Gasteiger partial charge in [-0.2, -0.15) is 0 Å². The van der Waals surface area contributed by atoms with Crippen molar-refractivity contribution < 1.29 is 4.74 Å². The minimum Gasteiger partial charge on any atom is -0.372 e. The Morgan fingerprint density at radius 2 is 1.31 bits per heavy atom. The largest absolute Gasteiger partial charge is 0.372 e. The van der Waals surface area contributed by atoms with E-state index >= 15 is 0 Å². The van der Waals surface area contributed by atoms with E-state index in [2.05, 4.69) is 62.0 Å². The molecule has 0 aliphatic heterocycles. The van der Waals surface area contributed by atoms with Crippen LogP contribution in [0.5, 0.6) is 0 Å². The lowest BCUT2D eigenvalue weighted by atomic mass is 9.56. The van der Waals surface area contributed by atoms with Crippen LogP contribution in [-0.4, -0.2) is 6.10 Å². The molecule has 1 aliphatic rings. The number of hydrogen-bond donors (Lipinski definition) is 0. The monoisotopic (exact) mass is 449 g/mol. The molecule has 0 N–H and O–H groups in total. The van der Waals surface area contributed by atoms with E-state index in [9.17, 15) is 0 Å². The van der Waals surface area contributed by atoms with E-state index in [0.29, 0.717) is 16.9 Å². The van der Waals surface area contributed by atoms with Crippen molar-refractivity contribution >= 4 is 0 Å². The molecule has 0 heterocycles. The Balaban J connectivity index is 2.69. The maximum atomic E-state index is 6.49. The van der Waals surface area contributed by atoms with E-state index < -0.39 is 0 Å². The van der Waals surface area contributed by atoms with Gasteiger partial charge in [-0.3, -0.25) is 0 Å². The number of unbranched alkanes of at least 4 members (excludes halogenated alkanes) is 8. The molecule has 1 nitrogen and oxygen atoms in total. The van der Waals surface area contributed by atoms with Crippen LogP contribution in [-0.2, 0) is 4.74 Å². The van der Waals surface area contributed by atoms with Gasteiger partial charge in [0.15, 0.2) is 0 Å². The average molecular weight is 450 g/mol. The minimum absolute atomic E-state index is 0.402. The smallest absolute Gasteiger partial charge is 0.0838 e. The molecule has 1 radical (unpaired) electrons. The fourth-order valence-electron chi connectivity index (χ4n) is 6.06. The zero-order valence-electron chi connectivity index (χ0n) is 23.6. The van der Waals surface area contributed by atoms with Crippen molar-refractivity contribution in [2.45, 2.75) is 164 Å². The van der Waals surface area contributed by atoms with Gasteiger partial charge < -0.3 is 4.74 Å². The topological polar surface area (TPSA) is 9.23 Å². The van der Waals surface area contributed by atoms with Gasteiger partial charge in [0, 0.05) is 0 Å². The molecule has 1 fully saturated rings. The molecular formula is C31H61O. The predicted octanol–water partition coefficient (Wildman–Crippen LogP) is 10.8. The van der Waals surface area contributed by atoms with Crippen LogP contribution in [0.25, 0.3) is 0 Å². The van der Waals surface area contributed by atoms with E-state index in [-0.39, 0.29) is 0 Å². The van der Waals surface area contributed by atoms with Crippen LogP contribution < -0.4 is 0 Å². The zero-order chi connectivity index (χ0) is 24.0. The van der Waals surface area contributed by atoms with Crippen molar-refractivity contribution in [1.29, 1.82) is 0 Å². The van der Waals surface area contributed by atoms with Crippen molar-refractivity contribution in [3.8, 4) is 0 Å². The summed E-state index contributed by atoms with van der Waals surface area (Å²) in [7, 11) is 0. The van der Waals surface area contributed by atoms with Crippen LogP contribution in [0.4, 0.5) is 0 Å². The molecule has 1 aliphatic carbocycles. The lowest BCUT2D eigenvalue weighted by Gasteiger charge is -2.50. The van der Waals surface area contributed by atoms with E-state index in [1.54, 1.807) is 0 Å². The van der Waals surface area contributed by atoms with Crippen LogP contribution in [0.15, 0.2) is 0 Å². The molecule has 4 atom stereocenters. The lowest BCUT2D eigenvalue weighted by Crippen LogP contribution is -2.44. The number of ether oxygens (including phenoxy) is 1. The van der Waals surface area contributed by atoms with E-state index in [1.807, 2.05) is 0 Å². The SMILES string of the molecule is CC[CH]OC(CCCCCCCCCCC)C1CCC(C(C)(C)CC)CC1C(C)(C)CC. The lowest BCUT2D eigenvalue weighted by molar-refractivity contribution is -0.0588. The first-order valence-corrected chi connectivity index (χ1v) is 14.7.